The van der Waals surface area contributed by atoms with Gasteiger partial charge in [0.05, 0.1) is 33.1 Å². The molecule has 11 aromatic carbocycles. The van der Waals surface area contributed by atoms with Crippen molar-refractivity contribution >= 4 is 104 Å². The van der Waals surface area contributed by atoms with Crippen molar-refractivity contribution in [3.63, 3.8) is 0 Å². The number of anilines is 3. The van der Waals surface area contributed by atoms with E-state index in [1.54, 1.807) is 0 Å². The van der Waals surface area contributed by atoms with Crippen LogP contribution in [0.15, 0.2) is 241 Å². The molecule has 0 atom stereocenters. The van der Waals surface area contributed by atoms with Gasteiger partial charge in [-0.05, 0) is 124 Å². The highest BCUT2D eigenvalue weighted by Crippen LogP contribution is 2.46. The zero-order valence-corrected chi connectivity index (χ0v) is 35.8. The molecule has 0 saturated heterocycles. The van der Waals surface area contributed by atoms with Gasteiger partial charge in [0.2, 0.25) is 0 Å². The Morgan fingerprint density at radius 2 is 0.939 bits per heavy atom. The largest absolute Gasteiger partial charge is 0.456 e. The Labute approximate surface area is 380 Å². The summed E-state index contributed by atoms with van der Waals surface area (Å²) < 4.78 is 11.6. The number of aromatic nitrogens is 2. The van der Waals surface area contributed by atoms with Gasteiger partial charge in [-0.25, -0.2) is 0 Å². The van der Waals surface area contributed by atoms with Crippen LogP contribution in [-0.4, -0.2) is 9.13 Å². The third kappa shape index (κ3) is 5.45. The fraction of sp³-hybridized carbons (Fsp3) is 0. The van der Waals surface area contributed by atoms with E-state index >= 15 is 0 Å². The van der Waals surface area contributed by atoms with Crippen LogP contribution in [0.25, 0.3) is 110 Å². The molecule has 0 spiro atoms. The molecule has 0 saturated carbocycles. The second kappa shape index (κ2) is 14.3. The Bertz CT molecular complexity index is 4170. The number of nitrogens with zero attached hydrogens (tertiary/aromatic N) is 3. The summed E-state index contributed by atoms with van der Waals surface area (Å²) in [5, 5.41) is 12.0. The fourth-order valence-corrected chi connectivity index (χ4v) is 10.8. The molecule has 4 heteroatoms. The lowest BCUT2D eigenvalue weighted by molar-refractivity contribution is 0.669. The molecular weight excluding hydrogens is 803 g/mol. The molecule has 4 nitrogen and oxygen atoms in total. The summed E-state index contributed by atoms with van der Waals surface area (Å²) >= 11 is 0. The molecule has 0 amide bonds. The van der Waals surface area contributed by atoms with Gasteiger partial charge in [0.15, 0.2) is 0 Å². The van der Waals surface area contributed by atoms with Gasteiger partial charge >= 0.3 is 0 Å². The molecule has 3 aromatic heterocycles. The number of rotatable bonds is 6. The Kier molecular flexibility index (Phi) is 7.95. The molecule has 0 bridgehead atoms. The van der Waals surface area contributed by atoms with E-state index in [-0.39, 0.29) is 0 Å². The summed E-state index contributed by atoms with van der Waals surface area (Å²) in [6.45, 7) is 0. The molecule has 14 rings (SSSR count). The molecule has 14 aromatic rings. The Hall–Kier alpha value is -8.86. The van der Waals surface area contributed by atoms with Crippen LogP contribution in [0.5, 0.6) is 0 Å². The van der Waals surface area contributed by atoms with E-state index in [9.17, 15) is 0 Å². The maximum absolute atomic E-state index is 6.69. The Morgan fingerprint density at radius 3 is 1.73 bits per heavy atom. The highest BCUT2D eigenvalue weighted by Gasteiger charge is 2.23. The average Bonchev–Trinajstić information content (AvgIpc) is 4.03. The van der Waals surface area contributed by atoms with Gasteiger partial charge in [-0.3, -0.25) is 0 Å². The molecule has 0 N–H and O–H groups in total. The minimum Gasteiger partial charge on any atom is -0.456 e. The number of furan rings is 1. The second-order valence-corrected chi connectivity index (χ2v) is 17.3. The first-order valence-electron chi connectivity index (χ1n) is 22.6. The second-order valence-electron chi connectivity index (χ2n) is 17.3. The van der Waals surface area contributed by atoms with Gasteiger partial charge in [0.1, 0.15) is 11.2 Å². The lowest BCUT2D eigenvalue weighted by Crippen LogP contribution is -2.09. The van der Waals surface area contributed by atoms with Crippen molar-refractivity contribution in [1.29, 1.82) is 0 Å². The highest BCUT2D eigenvalue weighted by atomic mass is 16.3. The Balaban J connectivity index is 1.03. The lowest BCUT2D eigenvalue weighted by Gasteiger charge is -2.26. The van der Waals surface area contributed by atoms with E-state index in [1.165, 1.54) is 59.7 Å². The van der Waals surface area contributed by atoms with Crippen molar-refractivity contribution in [2.45, 2.75) is 0 Å². The van der Waals surface area contributed by atoms with E-state index in [2.05, 4.69) is 251 Å². The molecule has 0 aliphatic rings. The third-order valence-electron chi connectivity index (χ3n) is 13.7. The lowest BCUT2D eigenvalue weighted by atomic mass is 9.98. The van der Waals surface area contributed by atoms with Gasteiger partial charge in [0, 0.05) is 49.7 Å². The smallest absolute Gasteiger partial charge is 0.137 e. The van der Waals surface area contributed by atoms with Crippen molar-refractivity contribution in [2.24, 2.45) is 0 Å². The van der Waals surface area contributed by atoms with E-state index in [1.807, 2.05) is 0 Å². The van der Waals surface area contributed by atoms with Crippen LogP contribution in [0.1, 0.15) is 0 Å². The van der Waals surface area contributed by atoms with Crippen LogP contribution in [-0.2, 0) is 0 Å². The fourth-order valence-electron chi connectivity index (χ4n) is 10.8. The van der Waals surface area contributed by atoms with Crippen LogP contribution in [0.2, 0.25) is 0 Å². The van der Waals surface area contributed by atoms with Crippen molar-refractivity contribution in [2.75, 3.05) is 4.90 Å². The van der Waals surface area contributed by atoms with Crippen LogP contribution < -0.4 is 4.90 Å². The van der Waals surface area contributed by atoms with Gasteiger partial charge < -0.3 is 18.5 Å². The van der Waals surface area contributed by atoms with Crippen molar-refractivity contribution in [3.05, 3.63) is 237 Å². The quantitative estimate of drug-likeness (QED) is 0.167. The van der Waals surface area contributed by atoms with Crippen molar-refractivity contribution in [1.82, 2.24) is 9.13 Å². The first kappa shape index (κ1) is 36.6. The summed E-state index contributed by atoms with van der Waals surface area (Å²) in [5.74, 6) is 0. The number of fused-ring (bicyclic) bond motifs is 12. The number of hydrogen-bond acceptors (Lipinski definition) is 2. The summed E-state index contributed by atoms with van der Waals surface area (Å²) in [4.78, 5) is 2.33. The summed E-state index contributed by atoms with van der Waals surface area (Å²) in [6.07, 6.45) is 0. The molecule has 0 aliphatic carbocycles. The maximum Gasteiger partial charge on any atom is 0.137 e. The summed E-state index contributed by atoms with van der Waals surface area (Å²) in [5.41, 5.74) is 14.2. The summed E-state index contributed by atoms with van der Waals surface area (Å²) in [7, 11) is 0. The van der Waals surface area contributed by atoms with Crippen molar-refractivity contribution < 1.29 is 4.42 Å². The van der Waals surface area contributed by atoms with Crippen LogP contribution in [0.3, 0.4) is 0 Å². The zero-order chi connectivity index (χ0) is 43.3. The minimum absolute atomic E-state index is 0.849. The normalized spacial score (nSPS) is 11.9. The summed E-state index contributed by atoms with van der Waals surface area (Å²) in [6, 6.07) is 85.7. The van der Waals surface area contributed by atoms with Crippen molar-refractivity contribution in [3.8, 4) is 22.5 Å². The minimum atomic E-state index is 0.849. The molecular formula is C62H39N3O. The van der Waals surface area contributed by atoms with Gasteiger partial charge in [-0.15, -0.1) is 0 Å². The molecule has 0 fully saturated rings. The number of benzene rings is 11. The first-order valence-corrected chi connectivity index (χ1v) is 22.6. The van der Waals surface area contributed by atoms with E-state index in [0.29, 0.717) is 0 Å². The van der Waals surface area contributed by atoms with Crippen LogP contribution >= 0.6 is 0 Å². The SMILES string of the molecule is c1ccc(N(c2ccccc2)c2cccc3oc4ccc(-n5c6cc7c(cc6c6c8ccccc8ccc65)c5ccccc5n7-c5ccc(-c6cccc7ccccc67)cc5)cc4c23)cc1. The monoisotopic (exact) mass is 841 g/mol. The predicted octanol–water partition coefficient (Wildman–Crippen LogP) is 17.2. The molecule has 0 unspecified atom stereocenters. The average molecular weight is 842 g/mol. The van der Waals surface area contributed by atoms with Crippen LogP contribution in [0.4, 0.5) is 17.1 Å². The van der Waals surface area contributed by atoms with Crippen LogP contribution in [0, 0.1) is 0 Å². The molecule has 3 heterocycles. The molecule has 66 heavy (non-hydrogen) atoms. The predicted molar refractivity (Wildman–Crippen MR) is 278 cm³/mol. The third-order valence-corrected chi connectivity index (χ3v) is 13.7. The van der Waals surface area contributed by atoms with Gasteiger partial charge in [-0.2, -0.15) is 0 Å². The molecule has 0 aliphatic heterocycles. The standard InChI is InChI=1S/C62H39N3O/c1-3-18-43(19-4-1)63(44-20-5-2-6-21-44)55-27-14-28-60-62(55)53-37-46(34-36-59(53)66-60)65-56-35-31-41-16-8-10-23-49(41)61(56)52-38-51-50-24-11-12-26-54(50)64(57(51)39-58(52)65)45-32-29-42(30-33-45)48-25-13-17-40-15-7-9-22-47(40)48/h1-39H. The zero-order valence-electron chi connectivity index (χ0n) is 35.8. The van der Waals surface area contributed by atoms with E-state index in [4.69, 9.17) is 4.42 Å². The first-order chi connectivity index (χ1) is 32.7. The van der Waals surface area contributed by atoms with Gasteiger partial charge in [-0.1, -0.05) is 146 Å². The van der Waals surface area contributed by atoms with E-state index in [0.717, 1.165) is 66.9 Å². The Morgan fingerprint density at radius 1 is 0.318 bits per heavy atom. The maximum atomic E-state index is 6.69. The molecule has 0 radical (unpaired) electrons. The number of para-hydroxylation sites is 3. The number of hydrogen-bond donors (Lipinski definition) is 0. The van der Waals surface area contributed by atoms with E-state index < -0.39 is 0 Å². The van der Waals surface area contributed by atoms with Gasteiger partial charge in [0.25, 0.3) is 0 Å². The topological polar surface area (TPSA) is 26.2 Å². The molecule has 308 valence electrons. The highest BCUT2D eigenvalue weighted by molar-refractivity contribution is 6.25.